The zero-order valence-electron chi connectivity index (χ0n) is 10.4. The number of hydrogen-bond acceptors (Lipinski definition) is 4. The van der Waals surface area contributed by atoms with Gasteiger partial charge in [-0.15, -0.1) is 10.2 Å². The second kappa shape index (κ2) is 6.60. The summed E-state index contributed by atoms with van der Waals surface area (Å²) in [6.45, 7) is 1.62. The fourth-order valence-electron chi connectivity index (χ4n) is 1.77. The zero-order valence-corrected chi connectivity index (χ0v) is 13.6. The number of methoxy groups -OCH3 is 1. The average molecular weight is 390 g/mol. The Hall–Kier alpha value is -0.760. The van der Waals surface area contributed by atoms with Gasteiger partial charge in [-0.2, -0.15) is 0 Å². The van der Waals surface area contributed by atoms with Crippen LogP contribution in [0.15, 0.2) is 27.1 Å². The monoisotopic (exact) mass is 388 g/mol. The van der Waals surface area contributed by atoms with E-state index in [0.29, 0.717) is 19.7 Å². The maximum atomic E-state index is 5.69. The normalized spacial score (nSPS) is 10.9. The Morgan fingerprint density at radius 2 is 2.11 bits per heavy atom. The smallest absolute Gasteiger partial charge is 0.165 e. The maximum absolute atomic E-state index is 5.69. The average Bonchev–Trinajstić information content (AvgIpc) is 2.79. The van der Waals surface area contributed by atoms with Gasteiger partial charge in [-0.1, -0.05) is 15.9 Å². The highest BCUT2D eigenvalue weighted by Gasteiger charge is 2.15. The molecule has 2 aromatic rings. The molecule has 102 valence electrons. The van der Waals surface area contributed by atoms with Crippen LogP contribution in [0.4, 0.5) is 0 Å². The van der Waals surface area contributed by atoms with Gasteiger partial charge >= 0.3 is 0 Å². The van der Waals surface area contributed by atoms with E-state index < -0.39 is 0 Å². The van der Waals surface area contributed by atoms with Crippen molar-refractivity contribution in [2.24, 2.45) is 5.73 Å². The third-order valence-corrected chi connectivity index (χ3v) is 3.85. The molecular formula is C12H14Br2N4O. The van der Waals surface area contributed by atoms with Crippen molar-refractivity contribution >= 4 is 31.9 Å². The Bertz CT molecular complexity index is 571. The molecule has 0 spiro atoms. The molecule has 2 N–H and O–H groups in total. The van der Waals surface area contributed by atoms with Gasteiger partial charge in [-0.25, -0.2) is 0 Å². The molecule has 0 aliphatic carbocycles. The molecule has 19 heavy (non-hydrogen) atoms. The molecule has 5 nitrogen and oxygen atoms in total. The van der Waals surface area contributed by atoms with Crippen LogP contribution in [0.3, 0.4) is 0 Å². The Labute approximate surface area is 128 Å². The molecule has 7 heteroatoms. The summed E-state index contributed by atoms with van der Waals surface area (Å²) in [4.78, 5) is 0. The van der Waals surface area contributed by atoms with Crippen LogP contribution in [0.25, 0.3) is 11.4 Å². The third kappa shape index (κ3) is 3.22. The minimum Gasteiger partial charge on any atom is -0.383 e. The lowest BCUT2D eigenvalue weighted by atomic mass is 10.2. The second-order valence-corrected chi connectivity index (χ2v) is 5.68. The molecule has 0 atom stereocenters. The van der Waals surface area contributed by atoms with E-state index in [1.165, 1.54) is 0 Å². The van der Waals surface area contributed by atoms with Crippen LogP contribution in [0.5, 0.6) is 0 Å². The van der Waals surface area contributed by atoms with E-state index in [1.54, 1.807) is 7.11 Å². The summed E-state index contributed by atoms with van der Waals surface area (Å²) in [7, 11) is 1.67. The van der Waals surface area contributed by atoms with Crippen LogP contribution in [-0.4, -0.2) is 28.5 Å². The number of nitrogens with two attached hydrogens (primary N) is 1. The summed E-state index contributed by atoms with van der Waals surface area (Å²) in [5, 5.41) is 8.36. The molecule has 0 aliphatic heterocycles. The Morgan fingerprint density at radius 1 is 1.32 bits per heavy atom. The van der Waals surface area contributed by atoms with E-state index in [9.17, 15) is 0 Å². The third-order valence-electron chi connectivity index (χ3n) is 2.70. The predicted molar refractivity (Wildman–Crippen MR) is 80.6 cm³/mol. The van der Waals surface area contributed by atoms with Crippen molar-refractivity contribution < 1.29 is 4.74 Å². The second-order valence-electron chi connectivity index (χ2n) is 3.91. The minimum absolute atomic E-state index is 0.352. The number of hydrogen-bond donors (Lipinski definition) is 1. The molecule has 0 fully saturated rings. The summed E-state index contributed by atoms with van der Waals surface area (Å²) in [5.41, 5.74) is 6.67. The lowest BCUT2D eigenvalue weighted by Crippen LogP contribution is -2.12. The molecule has 1 aromatic carbocycles. The molecule has 1 aromatic heterocycles. The highest BCUT2D eigenvalue weighted by atomic mass is 79.9. The quantitative estimate of drug-likeness (QED) is 0.853. The van der Waals surface area contributed by atoms with Gasteiger partial charge in [-0.05, 0) is 34.1 Å². The number of benzene rings is 1. The summed E-state index contributed by atoms with van der Waals surface area (Å²) < 4.78 is 9.06. The molecule has 0 radical (unpaired) electrons. The minimum atomic E-state index is 0.352. The van der Waals surface area contributed by atoms with E-state index in [2.05, 4.69) is 42.1 Å². The molecular weight excluding hydrogens is 376 g/mol. The van der Waals surface area contributed by atoms with Crippen molar-refractivity contribution in [1.82, 2.24) is 14.8 Å². The highest BCUT2D eigenvalue weighted by Crippen LogP contribution is 2.30. The predicted octanol–water partition coefficient (Wildman–Crippen LogP) is 2.58. The fraction of sp³-hybridized carbons (Fsp3) is 0.333. The van der Waals surface area contributed by atoms with E-state index >= 15 is 0 Å². The van der Waals surface area contributed by atoms with Crippen molar-refractivity contribution in [3.8, 4) is 11.4 Å². The maximum Gasteiger partial charge on any atom is 0.165 e. The zero-order chi connectivity index (χ0) is 13.8. The van der Waals surface area contributed by atoms with Gasteiger partial charge in [-0.3, -0.25) is 0 Å². The number of halogens is 2. The van der Waals surface area contributed by atoms with Gasteiger partial charge in [0, 0.05) is 28.2 Å². The first-order valence-corrected chi connectivity index (χ1v) is 7.32. The van der Waals surface area contributed by atoms with Crippen molar-refractivity contribution in [3.05, 3.63) is 33.0 Å². The van der Waals surface area contributed by atoms with Gasteiger partial charge in [0.2, 0.25) is 0 Å². The van der Waals surface area contributed by atoms with Crippen molar-refractivity contribution in [2.75, 3.05) is 13.7 Å². The lowest BCUT2D eigenvalue weighted by Gasteiger charge is -2.10. The number of ether oxygens (including phenoxy) is 1. The van der Waals surface area contributed by atoms with Gasteiger partial charge < -0.3 is 15.0 Å². The van der Waals surface area contributed by atoms with Crippen molar-refractivity contribution in [2.45, 2.75) is 13.1 Å². The molecule has 1 heterocycles. The standard InChI is InChI=1S/C12H14Br2N4O/c1-19-5-4-18-11(7-15)16-17-12(18)9-3-2-8(13)6-10(9)14/h2-3,6H,4-5,7,15H2,1H3. The van der Waals surface area contributed by atoms with Crippen LogP contribution in [0, 0.1) is 0 Å². The van der Waals surface area contributed by atoms with Gasteiger partial charge in [0.15, 0.2) is 5.82 Å². The number of rotatable bonds is 5. The van der Waals surface area contributed by atoms with Crippen molar-refractivity contribution in [3.63, 3.8) is 0 Å². The Balaban J connectivity index is 2.46. The van der Waals surface area contributed by atoms with Crippen molar-refractivity contribution in [1.29, 1.82) is 0 Å². The molecule has 0 saturated heterocycles. The molecule has 0 amide bonds. The summed E-state index contributed by atoms with van der Waals surface area (Å²) >= 11 is 6.98. The number of nitrogens with zero attached hydrogens (tertiary/aromatic N) is 3. The molecule has 0 bridgehead atoms. The van der Waals surface area contributed by atoms with Gasteiger partial charge in [0.05, 0.1) is 13.2 Å². The first-order chi connectivity index (χ1) is 9.17. The molecule has 0 unspecified atom stereocenters. The van der Waals surface area contributed by atoms with Crippen LogP contribution in [-0.2, 0) is 17.8 Å². The summed E-state index contributed by atoms with van der Waals surface area (Å²) in [5.74, 6) is 1.54. The van der Waals surface area contributed by atoms with Gasteiger partial charge in [0.1, 0.15) is 5.82 Å². The Morgan fingerprint density at radius 3 is 2.74 bits per heavy atom. The molecule has 0 aliphatic rings. The lowest BCUT2D eigenvalue weighted by molar-refractivity contribution is 0.186. The van der Waals surface area contributed by atoms with E-state index in [0.717, 1.165) is 26.2 Å². The van der Waals surface area contributed by atoms with Crippen LogP contribution >= 0.6 is 31.9 Å². The summed E-state index contributed by atoms with van der Waals surface area (Å²) in [6.07, 6.45) is 0. The first kappa shape index (κ1) is 14.6. The molecule has 2 rings (SSSR count). The first-order valence-electron chi connectivity index (χ1n) is 5.74. The Kier molecular flexibility index (Phi) is 5.09. The summed E-state index contributed by atoms with van der Waals surface area (Å²) in [6, 6.07) is 5.94. The van der Waals surface area contributed by atoms with E-state index in [1.807, 2.05) is 22.8 Å². The largest absolute Gasteiger partial charge is 0.383 e. The van der Waals surface area contributed by atoms with Gasteiger partial charge in [0.25, 0.3) is 0 Å². The van der Waals surface area contributed by atoms with Crippen LogP contribution in [0.2, 0.25) is 0 Å². The fourth-order valence-corrected chi connectivity index (χ4v) is 3.00. The van der Waals surface area contributed by atoms with E-state index in [-0.39, 0.29) is 0 Å². The highest BCUT2D eigenvalue weighted by molar-refractivity contribution is 9.11. The topological polar surface area (TPSA) is 66.0 Å². The molecule has 0 saturated carbocycles. The van der Waals surface area contributed by atoms with Crippen LogP contribution in [0.1, 0.15) is 5.82 Å². The SMILES string of the molecule is COCCn1c(CN)nnc1-c1ccc(Br)cc1Br. The van der Waals surface area contributed by atoms with Crippen LogP contribution < -0.4 is 5.73 Å². The van der Waals surface area contributed by atoms with E-state index in [4.69, 9.17) is 10.5 Å². The number of aromatic nitrogens is 3.